The average Bonchev–Trinajstić information content (AvgIpc) is 4.34. The Morgan fingerprint density at radius 3 is 1.74 bits per heavy atom. The van der Waals surface area contributed by atoms with E-state index in [0.29, 0.717) is 0 Å². The van der Waals surface area contributed by atoms with Gasteiger partial charge in [0.1, 0.15) is 22.3 Å². The molecule has 356 valence electrons. The van der Waals surface area contributed by atoms with Crippen molar-refractivity contribution in [3.8, 4) is 55.6 Å². The molecule has 74 heavy (non-hydrogen) atoms. The molecule has 0 N–H and O–H groups in total. The standard InChI is InChI=1S/C72H56O2/c1-41-19-17-23-45(35-41)54-40-58-61(63-51-26-12-15-29-59(51)73-68(54)63)49-33-31-42(37-56(49)70(58,2)3)36-53(46-24-18-22-44(38-46)43-20-9-8-10-21-43)47-32-34-50-57(39-47)72(6,7)67-65(50)69-64(52-27-13-16-30-60(52)74-69)62-48-25-11-14-28-55(48)71(4,5)66(62)67/h8-35,37-40,53H,36H2,1-7H3. The van der Waals surface area contributed by atoms with Gasteiger partial charge in [-0.3, -0.25) is 0 Å². The van der Waals surface area contributed by atoms with Crippen LogP contribution in [0.15, 0.2) is 203 Å². The Morgan fingerprint density at radius 1 is 0.378 bits per heavy atom. The van der Waals surface area contributed by atoms with E-state index in [1.165, 1.54) is 127 Å². The fourth-order valence-corrected chi connectivity index (χ4v) is 14.3. The molecule has 0 fully saturated rings. The van der Waals surface area contributed by atoms with E-state index in [-0.39, 0.29) is 22.2 Å². The van der Waals surface area contributed by atoms with Gasteiger partial charge < -0.3 is 8.83 Å². The summed E-state index contributed by atoms with van der Waals surface area (Å²) in [7, 11) is 0. The number of furan rings is 2. The Kier molecular flexibility index (Phi) is 8.90. The maximum absolute atomic E-state index is 7.08. The summed E-state index contributed by atoms with van der Waals surface area (Å²) in [6.45, 7) is 16.8. The van der Waals surface area contributed by atoms with E-state index in [9.17, 15) is 0 Å². The van der Waals surface area contributed by atoms with Gasteiger partial charge >= 0.3 is 0 Å². The quantitative estimate of drug-likeness (QED) is 0.166. The zero-order valence-corrected chi connectivity index (χ0v) is 43.1. The number of fused-ring (bicyclic) bond motifs is 19. The number of hydrogen-bond donors (Lipinski definition) is 0. The maximum atomic E-state index is 7.08. The smallest absolute Gasteiger partial charge is 0.144 e. The van der Waals surface area contributed by atoms with Gasteiger partial charge in [-0.2, -0.15) is 0 Å². The highest BCUT2D eigenvalue weighted by molar-refractivity contribution is 6.21. The Hall–Kier alpha value is -8.20. The van der Waals surface area contributed by atoms with Gasteiger partial charge in [0.2, 0.25) is 0 Å². The van der Waals surface area contributed by atoms with Crippen molar-refractivity contribution in [2.45, 2.75) is 77.0 Å². The van der Waals surface area contributed by atoms with Crippen molar-refractivity contribution in [1.82, 2.24) is 0 Å². The summed E-state index contributed by atoms with van der Waals surface area (Å²) in [5.74, 6) is 0.0727. The lowest BCUT2D eigenvalue weighted by Crippen LogP contribution is -2.24. The van der Waals surface area contributed by atoms with Gasteiger partial charge in [0.15, 0.2) is 0 Å². The van der Waals surface area contributed by atoms with Gasteiger partial charge in [0.25, 0.3) is 0 Å². The summed E-state index contributed by atoms with van der Waals surface area (Å²) < 4.78 is 13.9. The summed E-state index contributed by atoms with van der Waals surface area (Å²) in [6.07, 6.45) is 0.842. The predicted molar refractivity (Wildman–Crippen MR) is 308 cm³/mol. The molecule has 0 saturated carbocycles. The summed E-state index contributed by atoms with van der Waals surface area (Å²) >= 11 is 0. The molecule has 0 aliphatic heterocycles. The van der Waals surface area contributed by atoms with Crippen LogP contribution in [0.2, 0.25) is 0 Å². The first kappa shape index (κ1) is 43.4. The number of rotatable bonds is 6. The van der Waals surface area contributed by atoms with Crippen molar-refractivity contribution >= 4 is 43.9 Å². The highest BCUT2D eigenvalue weighted by Crippen LogP contribution is 2.64. The van der Waals surface area contributed by atoms with Crippen LogP contribution in [0.5, 0.6) is 0 Å². The Balaban J connectivity index is 0.911. The molecular weight excluding hydrogens is 897 g/mol. The lowest BCUT2D eigenvalue weighted by molar-refractivity contribution is 0.599. The van der Waals surface area contributed by atoms with Gasteiger partial charge in [0.05, 0.1) is 0 Å². The van der Waals surface area contributed by atoms with Crippen molar-refractivity contribution in [1.29, 1.82) is 0 Å². The van der Waals surface area contributed by atoms with E-state index in [4.69, 9.17) is 8.83 Å². The molecule has 2 heteroatoms. The minimum absolute atomic E-state index is 0.0727. The second-order valence-corrected chi connectivity index (χ2v) is 23.2. The fourth-order valence-electron chi connectivity index (χ4n) is 14.3. The van der Waals surface area contributed by atoms with E-state index >= 15 is 0 Å². The van der Waals surface area contributed by atoms with E-state index < -0.39 is 0 Å². The zero-order valence-electron chi connectivity index (χ0n) is 43.1. The Labute approximate surface area is 433 Å². The summed E-state index contributed by atoms with van der Waals surface area (Å²) in [6, 6.07) is 72.6. The largest absolute Gasteiger partial charge is 0.455 e. The molecule has 1 atom stereocenters. The minimum Gasteiger partial charge on any atom is -0.455 e. The summed E-state index contributed by atoms with van der Waals surface area (Å²) in [5.41, 5.74) is 29.2. The van der Waals surface area contributed by atoms with Crippen LogP contribution in [-0.4, -0.2) is 0 Å². The first-order chi connectivity index (χ1) is 35.9. The van der Waals surface area contributed by atoms with Gasteiger partial charge in [-0.05, 0) is 126 Å². The lowest BCUT2D eigenvalue weighted by atomic mass is 9.71. The first-order valence-corrected chi connectivity index (χ1v) is 26.5. The van der Waals surface area contributed by atoms with E-state index in [2.05, 4.69) is 243 Å². The van der Waals surface area contributed by atoms with Gasteiger partial charge in [0, 0.05) is 54.8 Å². The van der Waals surface area contributed by atoms with Crippen LogP contribution in [0, 0.1) is 6.92 Å². The van der Waals surface area contributed by atoms with Crippen molar-refractivity contribution in [3.05, 3.63) is 250 Å². The van der Waals surface area contributed by atoms with Crippen LogP contribution in [0.1, 0.15) is 103 Å². The molecule has 0 bridgehead atoms. The monoisotopic (exact) mass is 952 g/mol. The SMILES string of the molecule is Cc1cccc(-c2cc3c(c4c2oc2ccccc24)-c2ccc(CC(c4cccc(-c5ccccc5)c4)c4ccc5c(c4)C(C)(C)c4c6c(c7c(oc8ccccc87)c4-5)-c4ccccc4C6(C)C)cc2C3(C)C)c1. The zero-order chi connectivity index (χ0) is 50.0. The van der Waals surface area contributed by atoms with Crippen LogP contribution < -0.4 is 0 Å². The molecule has 15 rings (SSSR count). The van der Waals surface area contributed by atoms with Crippen molar-refractivity contribution < 1.29 is 8.83 Å². The molecule has 2 aromatic heterocycles. The van der Waals surface area contributed by atoms with Crippen LogP contribution in [0.25, 0.3) is 99.5 Å². The Bertz CT molecular complexity index is 4380. The third kappa shape index (κ3) is 5.88. The minimum atomic E-state index is -0.309. The molecule has 3 aliphatic rings. The molecule has 1 unspecified atom stereocenters. The second kappa shape index (κ2) is 15.2. The van der Waals surface area contributed by atoms with Crippen LogP contribution in [-0.2, 0) is 22.7 Å². The molecule has 0 saturated heterocycles. The predicted octanol–water partition coefficient (Wildman–Crippen LogP) is 19.4. The van der Waals surface area contributed by atoms with Crippen LogP contribution >= 0.6 is 0 Å². The molecule has 12 aromatic rings. The second-order valence-electron chi connectivity index (χ2n) is 23.2. The van der Waals surface area contributed by atoms with E-state index in [1.54, 1.807) is 0 Å². The summed E-state index contributed by atoms with van der Waals surface area (Å²) in [5, 5.41) is 4.81. The van der Waals surface area contributed by atoms with Crippen LogP contribution in [0.4, 0.5) is 0 Å². The molecular formula is C72H56O2. The van der Waals surface area contributed by atoms with Gasteiger partial charge in [-0.15, -0.1) is 0 Å². The lowest BCUT2D eigenvalue weighted by Gasteiger charge is -2.31. The number of benzene rings is 10. The Morgan fingerprint density at radius 2 is 0.959 bits per heavy atom. The molecule has 0 spiro atoms. The molecule has 3 aliphatic carbocycles. The number of aryl methyl sites for hydroxylation is 1. The number of hydrogen-bond acceptors (Lipinski definition) is 2. The highest BCUT2D eigenvalue weighted by Gasteiger charge is 2.49. The van der Waals surface area contributed by atoms with E-state index in [0.717, 1.165) is 34.3 Å². The normalized spacial score (nSPS) is 15.6. The van der Waals surface area contributed by atoms with Gasteiger partial charge in [-0.25, -0.2) is 0 Å². The first-order valence-electron chi connectivity index (χ1n) is 26.5. The molecule has 2 heterocycles. The molecule has 10 aromatic carbocycles. The van der Waals surface area contributed by atoms with Gasteiger partial charge in [-0.1, -0.05) is 223 Å². The topological polar surface area (TPSA) is 26.3 Å². The van der Waals surface area contributed by atoms with E-state index in [1.807, 2.05) is 0 Å². The van der Waals surface area contributed by atoms with Crippen molar-refractivity contribution in [2.24, 2.45) is 0 Å². The number of para-hydroxylation sites is 2. The molecule has 0 radical (unpaired) electrons. The molecule has 2 nitrogen and oxygen atoms in total. The summed E-state index contributed by atoms with van der Waals surface area (Å²) in [4.78, 5) is 0. The third-order valence-corrected chi connectivity index (χ3v) is 17.8. The third-order valence-electron chi connectivity index (χ3n) is 17.8. The van der Waals surface area contributed by atoms with Crippen molar-refractivity contribution in [2.75, 3.05) is 0 Å². The maximum Gasteiger partial charge on any atom is 0.144 e. The highest BCUT2D eigenvalue weighted by atomic mass is 16.3. The van der Waals surface area contributed by atoms with Crippen LogP contribution in [0.3, 0.4) is 0 Å². The fraction of sp³-hybridized carbons (Fsp3) is 0.167. The molecule has 0 amide bonds. The average molecular weight is 953 g/mol. The van der Waals surface area contributed by atoms with Crippen molar-refractivity contribution in [3.63, 3.8) is 0 Å².